The Morgan fingerprint density at radius 2 is 2.35 bits per heavy atom. The fraction of sp³-hybridized carbons (Fsp3) is 0.143. The first kappa shape index (κ1) is 13.8. The van der Waals surface area contributed by atoms with Gasteiger partial charge in [-0.3, -0.25) is 9.89 Å². The molecule has 0 fully saturated rings. The van der Waals surface area contributed by atoms with Crippen LogP contribution in [-0.4, -0.2) is 22.6 Å². The van der Waals surface area contributed by atoms with Crippen LogP contribution in [0.15, 0.2) is 24.4 Å². The van der Waals surface area contributed by atoms with E-state index in [1.54, 1.807) is 6.92 Å². The molecule has 102 valence electrons. The Hall–Kier alpha value is -2.65. The first-order valence-corrected chi connectivity index (χ1v) is 5.91. The summed E-state index contributed by atoms with van der Waals surface area (Å²) in [6, 6.07) is 4.18. The second-order valence-corrected chi connectivity index (χ2v) is 4.06. The SMILES string of the molecule is Cc1[nH]ncc1C(=O)Nc1ccc(F)c(C#CCN)c1. The third-order valence-electron chi connectivity index (χ3n) is 2.62. The summed E-state index contributed by atoms with van der Waals surface area (Å²) < 4.78 is 13.5. The van der Waals surface area contributed by atoms with Crippen molar-refractivity contribution in [3.63, 3.8) is 0 Å². The molecule has 0 atom stereocenters. The Morgan fingerprint density at radius 3 is 3.00 bits per heavy atom. The van der Waals surface area contributed by atoms with Crippen LogP contribution in [0.4, 0.5) is 10.1 Å². The first-order chi connectivity index (χ1) is 9.61. The van der Waals surface area contributed by atoms with E-state index in [4.69, 9.17) is 5.73 Å². The van der Waals surface area contributed by atoms with Crippen molar-refractivity contribution in [2.24, 2.45) is 5.73 Å². The number of aromatic amines is 1. The lowest BCUT2D eigenvalue weighted by Crippen LogP contribution is -2.12. The molecular formula is C14H13FN4O. The number of carbonyl (C=O) groups is 1. The number of halogens is 1. The van der Waals surface area contributed by atoms with Gasteiger partial charge in [-0.15, -0.1) is 0 Å². The minimum atomic E-state index is -0.455. The molecule has 6 heteroatoms. The van der Waals surface area contributed by atoms with Crippen LogP contribution in [0.3, 0.4) is 0 Å². The quantitative estimate of drug-likeness (QED) is 0.723. The monoisotopic (exact) mass is 272 g/mol. The van der Waals surface area contributed by atoms with Crippen LogP contribution < -0.4 is 11.1 Å². The largest absolute Gasteiger partial charge is 0.322 e. The molecule has 0 unspecified atom stereocenters. The number of amides is 1. The van der Waals surface area contributed by atoms with Gasteiger partial charge in [-0.25, -0.2) is 4.39 Å². The van der Waals surface area contributed by atoms with E-state index in [1.807, 2.05) is 0 Å². The number of nitrogens with one attached hydrogen (secondary N) is 2. The summed E-state index contributed by atoms with van der Waals surface area (Å²) in [4.78, 5) is 12.0. The summed E-state index contributed by atoms with van der Waals surface area (Å²) in [5.74, 6) is 4.41. The highest BCUT2D eigenvalue weighted by atomic mass is 19.1. The minimum absolute atomic E-state index is 0.143. The van der Waals surface area contributed by atoms with Crippen molar-refractivity contribution in [1.29, 1.82) is 0 Å². The van der Waals surface area contributed by atoms with Crippen molar-refractivity contribution < 1.29 is 9.18 Å². The number of aromatic nitrogens is 2. The molecule has 0 aliphatic carbocycles. The molecule has 0 radical (unpaired) electrons. The Balaban J connectivity index is 2.22. The van der Waals surface area contributed by atoms with Gasteiger partial charge in [-0.05, 0) is 25.1 Å². The summed E-state index contributed by atoms with van der Waals surface area (Å²) in [6.07, 6.45) is 1.43. The summed E-state index contributed by atoms with van der Waals surface area (Å²) in [5.41, 5.74) is 6.99. The first-order valence-electron chi connectivity index (χ1n) is 5.91. The number of H-pyrrole nitrogens is 1. The van der Waals surface area contributed by atoms with E-state index in [0.717, 1.165) is 0 Å². The van der Waals surface area contributed by atoms with Gasteiger partial charge in [0.05, 0.1) is 23.9 Å². The highest BCUT2D eigenvalue weighted by molar-refractivity contribution is 6.04. The van der Waals surface area contributed by atoms with Crippen LogP contribution in [-0.2, 0) is 0 Å². The lowest BCUT2D eigenvalue weighted by atomic mass is 10.1. The maximum Gasteiger partial charge on any atom is 0.259 e. The third-order valence-corrected chi connectivity index (χ3v) is 2.62. The van der Waals surface area contributed by atoms with Gasteiger partial charge in [-0.2, -0.15) is 5.10 Å². The Morgan fingerprint density at radius 1 is 1.55 bits per heavy atom. The summed E-state index contributed by atoms with van der Waals surface area (Å²) in [5, 5.41) is 9.12. The van der Waals surface area contributed by atoms with E-state index in [-0.39, 0.29) is 18.0 Å². The molecule has 1 amide bonds. The predicted octanol–water partition coefficient (Wildman–Crippen LogP) is 1.42. The van der Waals surface area contributed by atoms with E-state index < -0.39 is 5.82 Å². The molecule has 0 bridgehead atoms. The molecule has 0 saturated heterocycles. The molecule has 1 aromatic carbocycles. The second-order valence-electron chi connectivity index (χ2n) is 4.06. The molecule has 5 nitrogen and oxygen atoms in total. The number of hydrogen-bond donors (Lipinski definition) is 3. The summed E-state index contributed by atoms with van der Waals surface area (Å²) >= 11 is 0. The second kappa shape index (κ2) is 5.99. The van der Waals surface area contributed by atoms with Crippen molar-refractivity contribution in [3.8, 4) is 11.8 Å². The predicted molar refractivity (Wildman–Crippen MR) is 73.6 cm³/mol. The zero-order valence-electron chi connectivity index (χ0n) is 10.8. The van der Waals surface area contributed by atoms with Gasteiger partial charge in [0, 0.05) is 11.4 Å². The molecule has 20 heavy (non-hydrogen) atoms. The van der Waals surface area contributed by atoms with Crippen molar-refractivity contribution in [2.75, 3.05) is 11.9 Å². The number of hydrogen-bond acceptors (Lipinski definition) is 3. The lowest BCUT2D eigenvalue weighted by molar-refractivity contribution is 0.102. The molecule has 0 aliphatic rings. The van der Waals surface area contributed by atoms with Gasteiger partial charge in [0.25, 0.3) is 5.91 Å². The minimum Gasteiger partial charge on any atom is -0.322 e. The van der Waals surface area contributed by atoms with Gasteiger partial charge >= 0.3 is 0 Å². The smallest absolute Gasteiger partial charge is 0.259 e. The number of anilines is 1. The highest BCUT2D eigenvalue weighted by Crippen LogP contribution is 2.15. The fourth-order valence-corrected chi connectivity index (χ4v) is 1.62. The van der Waals surface area contributed by atoms with E-state index in [2.05, 4.69) is 27.4 Å². The molecule has 1 aromatic heterocycles. The van der Waals surface area contributed by atoms with Crippen LogP contribution in [0.5, 0.6) is 0 Å². The van der Waals surface area contributed by atoms with Gasteiger partial charge in [-0.1, -0.05) is 11.8 Å². The van der Waals surface area contributed by atoms with Crippen LogP contribution in [0.2, 0.25) is 0 Å². The standard InChI is InChI=1S/C14H13FN4O/c1-9-12(8-17-19-9)14(20)18-11-4-5-13(15)10(7-11)3-2-6-16/h4-5,7-8H,6,16H2,1H3,(H,17,19)(H,18,20). The molecular weight excluding hydrogens is 259 g/mol. The maximum absolute atomic E-state index is 13.5. The van der Waals surface area contributed by atoms with Crippen molar-refractivity contribution in [1.82, 2.24) is 10.2 Å². The number of aryl methyl sites for hydroxylation is 1. The molecule has 0 spiro atoms. The Kier molecular flexibility index (Phi) is 4.13. The van der Waals surface area contributed by atoms with Gasteiger partial charge in [0.15, 0.2) is 0 Å². The normalized spacial score (nSPS) is 9.75. The maximum atomic E-state index is 13.5. The lowest BCUT2D eigenvalue weighted by Gasteiger charge is -2.05. The number of benzene rings is 1. The Bertz CT molecular complexity index is 697. The zero-order valence-corrected chi connectivity index (χ0v) is 10.8. The van der Waals surface area contributed by atoms with Crippen LogP contribution in [0, 0.1) is 24.6 Å². The van der Waals surface area contributed by atoms with Crippen molar-refractivity contribution >= 4 is 11.6 Å². The number of nitrogens with zero attached hydrogens (tertiary/aromatic N) is 1. The van der Waals surface area contributed by atoms with Crippen LogP contribution >= 0.6 is 0 Å². The van der Waals surface area contributed by atoms with E-state index in [1.165, 1.54) is 24.4 Å². The van der Waals surface area contributed by atoms with E-state index in [0.29, 0.717) is 16.9 Å². The van der Waals surface area contributed by atoms with Gasteiger partial charge < -0.3 is 11.1 Å². The summed E-state index contributed by atoms with van der Waals surface area (Å²) in [7, 11) is 0. The number of rotatable bonds is 2. The van der Waals surface area contributed by atoms with Gasteiger partial charge in [0.2, 0.25) is 0 Å². The van der Waals surface area contributed by atoms with Crippen molar-refractivity contribution in [2.45, 2.75) is 6.92 Å². The zero-order chi connectivity index (χ0) is 14.5. The molecule has 2 rings (SSSR count). The molecule has 4 N–H and O–H groups in total. The average Bonchev–Trinajstić information content (AvgIpc) is 2.85. The van der Waals surface area contributed by atoms with E-state index in [9.17, 15) is 9.18 Å². The third kappa shape index (κ3) is 3.02. The summed E-state index contributed by atoms with van der Waals surface area (Å²) in [6.45, 7) is 1.88. The highest BCUT2D eigenvalue weighted by Gasteiger charge is 2.11. The average molecular weight is 272 g/mol. The number of nitrogens with two attached hydrogens (primary N) is 1. The molecule has 2 aromatic rings. The van der Waals surface area contributed by atoms with E-state index >= 15 is 0 Å². The molecule has 0 saturated carbocycles. The van der Waals surface area contributed by atoms with Gasteiger partial charge in [0.1, 0.15) is 5.82 Å². The van der Waals surface area contributed by atoms with Crippen molar-refractivity contribution in [3.05, 3.63) is 47.0 Å². The topological polar surface area (TPSA) is 83.8 Å². The van der Waals surface area contributed by atoms with Crippen LogP contribution in [0.25, 0.3) is 0 Å². The fourth-order valence-electron chi connectivity index (χ4n) is 1.62. The Labute approximate surface area is 115 Å². The van der Waals surface area contributed by atoms with Crippen LogP contribution in [0.1, 0.15) is 21.6 Å². The molecule has 0 aliphatic heterocycles. The number of carbonyl (C=O) groups excluding carboxylic acids is 1. The molecule has 1 heterocycles.